The summed E-state index contributed by atoms with van der Waals surface area (Å²) in [7, 11) is 0. The molecule has 1 amide bonds. The van der Waals surface area contributed by atoms with Gasteiger partial charge in [0.15, 0.2) is 5.69 Å². The van der Waals surface area contributed by atoms with Crippen molar-refractivity contribution in [1.29, 1.82) is 0 Å². The topological polar surface area (TPSA) is 78.9 Å². The molecule has 1 aromatic heterocycles. The van der Waals surface area contributed by atoms with E-state index in [2.05, 4.69) is 40.0 Å². The Kier molecular flexibility index (Phi) is 6.07. The number of aromatic nitrogens is 2. The molecule has 0 saturated carbocycles. The number of carbonyl (C=O) groups excluding carboxylic acids is 1. The Morgan fingerprint density at radius 2 is 2.06 bits per heavy atom. The quantitative estimate of drug-likeness (QED) is 0.620. The molecule has 0 saturated heterocycles. The van der Waals surface area contributed by atoms with Gasteiger partial charge in [0.1, 0.15) is 5.82 Å². The van der Waals surface area contributed by atoms with Gasteiger partial charge in [-0.2, -0.15) is 0 Å². The number of anilines is 1. The Morgan fingerprint density at radius 1 is 1.28 bits per heavy atom. The minimum Gasteiger partial charge on any atom is -0.367 e. The average Bonchev–Trinajstić information content (AvgIpc) is 2.35. The fourth-order valence-corrected chi connectivity index (χ4v) is 1.35. The highest BCUT2D eigenvalue weighted by molar-refractivity contribution is 5.92. The van der Waals surface area contributed by atoms with Crippen LogP contribution in [0.3, 0.4) is 0 Å². The first kappa shape index (κ1) is 14.4. The number of carbonyl (C=O) groups is 1. The molecule has 0 atom stereocenters. The summed E-state index contributed by atoms with van der Waals surface area (Å²) in [6.07, 6.45) is 0. The molecular formula is C12H21N5O. The summed E-state index contributed by atoms with van der Waals surface area (Å²) >= 11 is 0. The predicted molar refractivity (Wildman–Crippen MR) is 71.7 cm³/mol. The highest BCUT2D eigenvalue weighted by Crippen LogP contribution is 2.01. The lowest BCUT2D eigenvalue weighted by Crippen LogP contribution is -2.28. The summed E-state index contributed by atoms with van der Waals surface area (Å²) in [4.78, 5) is 11.4. The van der Waals surface area contributed by atoms with E-state index in [1.165, 1.54) is 0 Å². The van der Waals surface area contributed by atoms with E-state index in [0.29, 0.717) is 24.1 Å². The second-order valence-corrected chi connectivity index (χ2v) is 4.20. The summed E-state index contributed by atoms with van der Waals surface area (Å²) in [5.74, 6) is 0.478. The van der Waals surface area contributed by atoms with Crippen molar-refractivity contribution in [2.24, 2.45) is 0 Å². The van der Waals surface area contributed by atoms with Crippen molar-refractivity contribution < 1.29 is 4.79 Å². The fourth-order valence-electron chi connectivity index (χ4n) is 1.35. The Labute approximate surface area is 108 Å². The lowest BCUT2D eigenvalue weighted by Gasteiger charge is -2.09. The number of nitrogens with one attached hydrogen (secondary N) is 3. The number of nitrogens with zero attached hydrogens (tertiary/aromatic N) is 2. The third kappa shape index (κ3) is 5.09. The number of amides is 1. The zero-order valence-corrected chi connectivity index (χ0v) is 11.2. The number of hydrogen-bond acceptors (Lipinski definition) is 5. The predicted octanol–water partition coefficient (Wildman–Crippen LogP) is 0.636. The summed E-state index contributed by atoms with van der Waals surface area (Å²) < 4.78 is 0. The van der Waals surface area contributed by atoms with Crippen molar-refractivity contribution >= 4 is 11.7 Å². The Balaban J connectivity index is 2.38. The second kappa shape index (κ2) is 7.60. The molecule has 0 spiro atoms. The van der Waals surface area contributed by atoms with E-state index in [-0.39, 0.29) is 5.91 Å². The van der Waals surface area contributed by atoms with Crippen LogP contribution in [0.2, 0.25) is 0 Å². The second-order valence-electron chi connectivity index (χ2n) is 4.20. The normalized spacial score (nSPS) is 10.4. The van der Waals surface area contributed by atoms with Gasteiger partial charge in [0, 0.05) is 25.7 Å². The molecule has 0 radical (unpaired) electrons. The summed E-state index contributed by atoms with van der Waals surface area (Å²) in [5, 5.41) is 16.9. The monoisotopic (exact) mass is 251 g/mol. The van der Waals surface area contributed by atoms with Crippen LogP contribution in [0, 0.1) is 0 Å². The van der Waals surface area contributed by atoms with E-state index >= 15 is 0 Å². The van der Waals surface area contributed by atoms with Crippen LogP contribution >= 0.6 is 0 Å². The molecule has 0 aliphatic carbocycles. The van der Waals surface area contributed by atoms with Gasteiger partial charge in [-0.15, -0.1) is 10.2 Å². The van der Waals surface area contributed by atoms with Gasteiger partial charge in [0.05, 0.1) is 0 Å². The highest BCUT2D eigenvalue weighted by Gasteiger charge is 2.06. The molecule has 6 heteroatoms. The third-order valence-electron chi connectivity index (χ3n) is 2.22. The van der Waals surface area contributed by atoms with Crippen LogP contribution < -0.4 is 16.0 Å². The zero-order chi connectivity index (χ0) is 13.4. The minimum absolute atomic E-state index is 0.196. The van der Waals surface area contributed by atoms with Crippen LogP contribution in [0.4, 0.5) is 5.82 Å². The first-order chi connectivity index (χ1) is 8.63. The summed E-state index contributed by atoms with van der Waals surface area (Å²) in [5.41, 5.74) is 0.336. The van der Waals surface area contributed by atoms with Gasteiger partial charge in [0.2, 0.25) is 0 Å². The van der Waals surface area contributed by atoms with E-state index in [4.69, 9.17) is 0 Å². The number of rotatable bonds is 7. The van der Waals surface area contributed by atoms with E-state index in [9.17, 15) is 4.79 Å². The van der Waals surface area contributed by atoms with Gasteiger partial charge in [-0.25, -0.2) is 0 Å². The van der Waals surface area contributed by atoms with Gasteiger partial charge in [-0.1, -0.05) is 13.8 Å². The fraction of sp³-hybridized carbons (Fsp3) is 0.583. The molecule has 0 aliphatic rings. The van der Waals surface area contributed by atoms with Gasteiger partial charge in [-0.05, 0) is 19.1 Å². The summed E-state index contributed by atoms with van der Waals surface area (Å²) in [6, 6.07) is 3.89. The molecule has 0 fully saturated rings. The molecule has 1 aromatic rings. The molecule has 100 valence electrons. The van der Waals surface area contributed by atoms with Crippen molar-refractivity contribution in [1.82, 2.24) is 20.8 Å². The van der Waals surface area contributed by atoms with Gasteiger partial charge >= 0.3 is 0 Å². The highest BCUT2D eigenvalue weighted by atomic mass is 16.1. The third-order valence-corrected chi connectivity index (χ3v) is 2.22. The average molecular weight is 251 g/mol. The van der Waals surface area contributed by atoms with Gasteiger partial charge in [0.25, 0.3) is 5.91 Å². The minimum atomic E-state index is -0.196. The van der Waals surface area contributed by atoms with Gasteiger partial charge in [-0.3, -0.25) is 4.79 Å². The van der Waals surface area contributed by atoms with Crippen LogP contribution in [0.15, 0.2) is 12.1 Å². The van der Waals surface area contributed by atoms with Crippen molar-refractivity contribution in [3.05, 3.63) is 17.8 Å². The lowest BCUT2D eigenvalue weighted by molar-refractivity contribution is 0.0950. The van der Waals surface area contributed by atoms with Crippen molar-refractivity contribution in [2.45, 2.75) is 26.8 Å². The van der Waals surface area contributed by atoms with Crippen LogP contribution in [-0.2, 0) is 0 Å². The van der Waals surface area contributed by atoms with Crippen molar-refractivity contribution in [3.8, 4) is 0 Å². The van der Waals surface area contributed by atoms with Gasteiger partial charge < -0.3 is 16.0 Å². The molecular weight excluding hydrogens is 230 g/mol. The standard InChI is InChI=1S/C12H21N5O/c1-4-13-12(18)10-5-6-11(17-16-10)15-8-7-14-9(2)3/h5-6,9,14H,4,7-8H2,1-3H3,(H,13,18)(H,15,17). The van der Waals surface area contributed by atoms with Crippen LogP contribution in [0.25, 0.3) is 0 Å². The maximum absolute atomic E-state index is 11.4. The lowest BCUT2D eigenvalue weighted by atomic mass is 10.3. The first-order valence-corrected chi connectivity index (χ1v) is 6.22. The largest absolute Gasteiger partial charge is 0.367 e. The zero-order valence-electron chi connectivity index (χ0n) is 11.2. The molecule has 0 bridgehead atoms. The first-order valence-electron chi connectivity index (χ1n) is 6.22. The van der Waals surface area contributed by atoms with E-state index in [1.54, 1.807) is 12.1 Å². The molecule has 6 nitrogen and oxygen atoms in total. The molecule has 0 aliphatic heterocycles. The smallest absolute Gasteiger partial charge is 0.271 e. The Morgan fingerprint density at radius 3 is 2.61 bits per heavy atom. The van der Waals surface area contributed by atoms with E-state index < -0.39 is 0 Å². The molecule has 1 rings (SSSR count). The molecule has 18 heavy (non-hydrogen) atoms. The van der Waals surface area contributed by atoms with Crippen LogP contribution in [0.1, 0.15) is 31.3 Å². The molecule has 3 N–H and O–H groups in total. The SMILES string of the molecule is CCNC(=O)c1ccc(NCCNC(C)C)nn1. The molecule has 1 heterocycles. The molecule has 0 unspecified atom stereocenters. The van der Waals surface area contributed by atoms with Crippen molar-refractivity contribution in [3.63, 3.8) is 0 Å². The van der Waals surface area contributed by atoms with Crippen molar-refractivity contribution in [2.75, 3.05) is 25.0 Å². The number of hydrogen-bond donors (Lipinski definition) is 3. The van der Waals surface area contributed by atoms with E-state index in [0.717, 1.165) is 13.1 Å². The van der Waals surface area contributed by atoms with Crippen LogP contribution in [0.5, 0.6) is 0 Å². The summed E-state index contributed by atoms with van der Waals surface area (Å²) in [6.45, 7) is 8.27. The maximum Gasteiger partial charge on any atom is 0.271 e. The maximum atomic E-state index is 11.4. The van der Waals surface area contributed by atoms with Crippen LogP contribution in [-0.4, -0.2) is 41.8 Å². The van der Waals surface area contributed by atoms with E-state index in [1.807, 2.05) is 6.92 Å². The Hall–Kier alpha value is -1.69. The molecule has 0 aromatic carbocycles. The Bertz CT molecular complexity index is 363.